The highest BCUT2D eigenvalue weighted by molar-refractivity contribution is 7.99. The van der Waals surface area contributed by atoms with Crippen molar-refractivity contribution in [3.05, 3.63) is 18.3 Å². The molecule has 0 aliphatic heterocycles. The molecule has 2 N–H and O–H groups in total. The van der Waals surface area contributed by atoms with Crippen LogP contribution in [-0.2, 0) is 4.79 Å². The van der Waals surface area contributed by atoms with Gasteiger partial charge in [-0.1, -0.05) is 0 Å². The lowest BCUT2D eigenvalue weighted by atomic mass is 10.5. The van der Waals surface area contributed by atoms with E-state index in [0.29, 0.717) is 11.6 Å². The van der Waals surface area contributed by atoms with Crippen LogP contribution in [0.15, 0.2) is 18.3 Å². The second kappa shape index (κ2) is 5.36. The molecule has 70 valence electrons. The lowest BCUT2D eigenvalue weighted by Gasteiger charge is -2.04. The van der Waals surface area contributed by atoms with Crippen LogP contribution >= 0.6 is 11.8 Å². The molecular weight excluding hydrogens is 188 g/mol. The maximum absolute atomic E-state index is 11.0. The van der Waals surface area contributed by atoms with Gasteiger partial charge in [-0.3, -0.25) is 15.6 Å². The van der Waals surface area contributed by atoms with Gasteiger partial charge in [-0.15, -0.1) is 5.10 Å². The maximum atomic E-state index is 11.0. The first kappa shape index (κ1) is 9.79. The van der Waals surface area contributed by atoms with Gasteiger partial charge < -0.3 is 0 Å². The molecule has 0 saturated heterocycles. The number of amides is 1. The van der Waals surface area contributed by atoms with Crippen LogP contribution in [0.2, 0.25) is 0 Å². The molecular formula is C7H10N4OS. The Labute approximate surface area is 80.3 Å². The number of anilines is 1. The number of aromatic nitrogens is 2. The first-order chi connectivity index (χ1) is 6.33. The van der Waals surface area contributed by atoms with Gasteiger partial charge >= 0.3 is 0 Å². The first-order valence-corrected chi connectivity index (χ1v) is 5.04. The van der Waals surface area contributed by atoms with Gasteiger partial charge in [-0.2, -0.15) is 16.9 Å². The summed E-state index contributed by atoms with van der Waals surface area (Å²) < 4.78 is 0. The van der Waals surface area contributed by atoms with Crippen LogP contribution in [0.3, 0.4) is 0 Å². The van der Waals surface area contributed by atoms with Crippen LogP contribution in [-0.4, -0.2) is 28.1 Å². The quantitative estimate of drug-likeness (QED) is 0.680. The molecule has 0 aromatic carbocycles. The Balaban J connectivity index is 2.31. The summed E-state index contributed by atoms with van der Waals surface area (Å²) in [5, 5.41) is 7.37. The van der Waals surface area contributed by atoms with Gasteiger partial charge in [0, 0.05) is 6.20 Å². The molecule has 0 bridgehead atoms. The molecule has 6 heteroatoms. The summed E-state index contributed by atoms with van der Waals surface area (Å²) in [6.45, 7) is 0. The third-order valence-corrected chi connectivity index (χ3v) is 1.73. The molecule has 0 spiro atoms. The van der Waals surface area contributed by atoms with Crippen LogP contribution < -0.4 is 10.9 Å². The number of carbonyl (C=O) groups excluding carboxylic acids is 1. The molecule has 0 aliphatic rings. The van der Waals surface area contributed by atoms with Crippen molar-refractivity contribution in [2.24, 2.45) is 0 Å². The normalized spacial score (nSPS) is 9.31. The van der Waals surface area contributed by atoms with Crippen LogP contribution in [0.1, 0.15) is 0 Å². The van der Waals surface area contributed by atoms with Gasteiger partial charge in [0.25, 0.3) is 0 Å². The number of nitrogens with one attached hydrogen (secondary N) is 2. The van der Waals surface area contributed by atoms with Crippen molar-refractivity contribution in [3.8, 4) is 0 Å². The Kier molecular flexibility index (Phi) is 4.04. The first-order valence-electron chi connectivity index (χ1n) is 3.64. The predicted molar refractivity (Wildman–Crippen MR) is 52.2 cm³/mol. The average molecular weight is 198 g/mol. The van der Waals surface area contributed by atoms with E-state index in [-0.39, 0.29) is 5.91 Å². The zero-order valence-corrected chi connectivity index (χ0v) is 7.97. The van der Waals surface area contributed by atoms with Crippen LogP contribution in [0.4, 0.5) is 5.82 Å². The van der Waals surface area contributed by atoms with Gasteiger partial charge in [0.15, 0.2) is 5.82 Å². The Morgan fingerprint density at radius 3 is 3.15 bits per heavy atom. The number of rotatable bonds is 4. The molecule has 0 fully saturated rings. The summed E-state index contributed by atoms with van der Waals surface area (Å²) in [6, 6.07) is 3.45. The Morgan fingerprint density at radius 2 is 2.54 bits per heavy atom. The van der Waals surface area contributed by atoms with Crippen LogP contribution in [0.5, 0.6) is 0 Å². The van der Waals surface area contributed by atoms with Crippen molar-refractivity contribution in [1.82, 2.24) is 15.6 Å². The minimum absolute atomic E-state index is 0.0850. The fourth-order valence-corrected chi connectivity index (χ4v) is 1.00. The van der Waals surface area contributed by atoms with Crippen molar-refractivity contribution in [2.45, 2.75) is 0 Å². The largest absolute Gasteiger partial charge is 0.280 e. The number of hydrogen-bond acceptors (Lipinski definition) is 5. The van der Waals surface area contributed by atoms with E-state index >= 15 is 0 Å². The SMILES string of the molecule is CSCC(=O)NNc1cccnn1. The van der Waals surface area contributed by atoms with Gasteiger partial charge in [-0.05, 0) is 18.4 Å². The summed E-state index contributed by atoms with van der Waals surface area (Å²) in [5.74, 6) is 0.864. The second-order valence-electron chi connectivity index (χ2n) is 2.22. The molecule has 0 atom stereocenters. The minimum atomic E-state index is -0.0850. The number of hydrogen-bond donors (Lipinski definition) is 2. The van der Waals surface area contributed by atoms with E-state index in [0.717, 1.165) is 0 Å². The molecule has 0 saturated carbocycles. The standard InChI is InChI=1S/C7H10N4OS/c1-13-5-7(12)11-10-6-3-2-4-8-9-6/h2-4H,5H2,1H3,(H,9,10)(H,11,12). The highest BCUT2D eigenvalue weighted by Crippen LogP contribution is 1.95. The average Bonchev–Trinajstić information content (AvgIpc) is 2.17. The highest BCUT2D eigenvalue weighted by Gasteiger charge is 1.98. The third-order valence-electron chi connectivity index (χ3n) is 1.18. The molecule has 1 heterocycles. The molecule has 0 radical (unpaired) electrons. The molecule has 1 amide bonds. The predicted octanol–water partition coefficient (Wildman–Crippen LogP) is 0.283. The van der Waals surface area contributed by atoms with E-state index < -0.39 is 0 Å². The minimum Gasteiger partial charge on any atom is -0.280 e. The summed E-state index contributed by atoms with van der Waals surface area (Å²) >= 11 is 1.46. The van der Waals surface area contributed by atoms with E-state index in [1.54, 1.807) is 18.3 Å². The zero-order chi connectivity index (χ0) is 9.52. The molecule has 0 aliphatic carbocycles. The van der Waals surface area contributed by atoms with Gasteiger partial charge in [0.1, 0.15) is 0 Å². The summed E-state index contributed by atoms with van der Waals surface area (Å²) in [4.78, 5) is 11.0. The highest BCUT2D eigenvalue weighted by atomic mass is 32.2. The molecule has 1 aromatic heterocycles. The third kappa shape index (κ3) is 3.75. The Bertz CT molecular complexity index is 266. The number of thioether (sulfide) groups is 1. The molecule has 13 heavy (non-hydrogen) atoms. The smallest absolute Gasteiger partial charge is 0.248 e. The van der Waals surface area contributed by atoms with Crippen molar-refractivity contribution in [3.63, 3.8) is 0 Å². The molecule has 1 rings (SSSR count). The Morgan fingerprint density at radius 1 is 1.69 bits per heavy atom. The van der Waals surface area contributed by atoms with Gasteiger partial charge in [-0.25, -0.2) is 0 Å². The monoisotopic (exact) mass is 198 g/mol. The summed E-state index contributed by atoms with van der Waals surface area (Å²) in [7, 11) is 0. The van der Waals surface area contributed by atoms with Crippen molar-refractivity contribution in [2.75, 3.05) is 17.4 Å². The van der Waals surface area contributed by atoms with E-state index in [9.17, 15) is 4.79 Å². The topological polar surface area (TPSA) is 66.9 Å². The van der Waals surface area contributed by atoms with Crippen molar-refractivity contribution < 1.29 is 4.79 Å². The summed E-state index contributed by atoms with van der Waals surface area (Å²) in [5.41, 5.74) is 5.13. The number of hydrazine groups is 1. The Hall–Kier alpha value is -1.30. The van der Waals surface area contributed by atoms with Gasteiger partial charge in [0.2, 0.25) is 5.91 Å². The van der Waals surface area contributed by atoms with E-state index in [2.05, 4.69) is 21.0 Å². The fraction of sp³-hybridized carbons (Fsp3) is 0.286. The van der Waals surface area contributed by atoms with Crippen molar-refractivity contribution in [1.29, 1.82) is 0 Å². The van der Waals surface area contributed by atoms with Gasteiger partial charge in [0.05, 0.1) is 5.75 Å². The van der Waals surface area contributed by atoms with E-state index in [1.165, 1.54) is 11.8 Å². The zero-order valence-electron chi connectivity index (χ0n) is 7.15. The second-order valence-corrected chi connectivity index (χ2v) is 3.08. The van der Waals surface area contributed by atoms with E-state index in [1.807, 2.05) is 6.26 Å². The molecule has 0 unspecified atom stereocenters. The number of nitrogens with zero attached hydrogens (tertiary/aromatic N) is 2. The van der Waals surface area contributed by atoms with Crippen LogP contribution in [0.25, 0.3) is 0 Å². The fourth-order valence-electron chi connectivity index (χ4n) is 0.669. The van der Waals surface area contributed by atoms with E-state index in [4.69, 9.17) is 0 Å². The van der Waals surface area contributed by atoms with Crippen molar-refractivity contribution >= 4 is 23.5 Å². The molecule has 5 nitrogen and oxygen atoms in total. The summed E-state index contributed by atoms with van der Waals surface area (Å²) in [6.07, 6.45) is 3.43. The molecule has 1 aromatic rings. The number of carbonyl (C=O) groups is 1. The maximum Gasteiger partial charge on any atom is 0.248 e. The lowest BCUT2D eigenvalue weighted by molar-refractivity contribution is -0.118. The lowest BCUT2D eigenvalue weighted by Crippen LogP contribution is -2.31. The van der Waals surface area contributed by atoms with Crippen LogP contribution in [0, 0.1) is 0 Å².